The molecule has 0 aliphatic rings. The van der Waals surface area contributed by atoms with Crippen LogP contribution >= 0.6 is 0 Å². The maximum Gasteiger partial charge on any atom is 0.312 e. The quantitative estimate of drug-likeness (QED) is 0.810. The molecule has 0 fully saturated rings. The van der Waals surface area contributed by atoms with Gasteiger partial charge in [0, 0.05) is 18.0 Å². The fraction of sp³-hybridized carbons (Fsp3) is 0.538. The fourth-order valence-corrected chi connectivity index (χ4v) is 2.12. The molecule has 0 saturated heterocycles. The first-order chi connectivity index (χ1) is 7.91. The number of ether oxygens (including phenoxy) is 1. The van der Waals surface area contributed by atoms with Crippen LogP contribution in [0.4, 0.5) is 0 Å². The number of carbonyl (C=O) groups excluding carboxylic acids is 1. The molecule has 0 aliphatic carbocycles. The number of carbonyl (C=O) groups is 1. The largest absolute Gasteiger partial charge is 0.469 e. The third-order valence-corrected chi connectivity index (χ3v) is 2.97. The van der Waals surface area contributed by atoms with Crippen molar-refractivity contribution in [2.45, 2.75) is 26.4 Å². The monoisotopic (exact) mass is 237 g/mol. The van der Waals surface area contributed by atoms with E-state index in [1.54, 1.807) is 31.5 Å². The first kappa shape index (κ1) is 13.6. The summed E-state index contributed by atoms with van der Waals surface area (Å²) in [6, 6.07) is 3.49. The molecule has 0 saturated carbocycles. The third kappa shape index (κ3) is 2.82. The summed E-state index contributed by atoms with van der Waals surface area (Å²) < 4.78 is 4.76. The number of rotatable bonds is 4. The van der Waals surface area contributed by atoms with E-state index in [-0.39, 0.29) is 5.92 Å². The van der Waals surface area contributed by atoms with Gasteiger partial charge in [-0.1, -0.05) is 19.9 Å². The van der Waals surface area contributed by atoms with Crippen LogP contribution in [-0.2, 0) is 15.1 Å². The third-order valence-electron chi connectivity index (χ3n) is 2.97. The van der Waals surface area contributed by atoms with Gasteiger partial charge in [-0.3, -0.25) is 9.78 Å². The van der Waals surface area contributed by atoms with Crippen molar-refractivity contribution in [1.82, 2.24) is 4.98 Å². The second-order valence-electron chi connectivity index (χ2n) is 4.63. The molecule has 1 aromatic rings. The predicted octanol–water partition coefficient (Wildman–Crippen LogP) is 1.73. The molecule has 0 amide bonds. The summed E-state index contributed by atoms with van der Waals surface area (Å²) in [5, 5.41) is 10.6. The molecule has 94 valence electrons. The lowest BCUT2D eigenvalue weighted by Gasteiger charge is -2.33. The standard InChI is InChI=1S/C13H19NO3/c1-9(2)11(12(15)17-4)13(3,16)10-6-5-7-14-8-10/h5-9,11,16H,1-4H3. The summed E-state index contributed by atoms with van der Waals surface area (Å²) >= 11 is 0. The summed E-state index contributed by atoms with van der Waals surface area (Å²) in [6.07, 6.45) is 3.19. The van der Waals surface area contributed by atoms with Gasteiger partial charge in [-0.15, -0.1) is 0 Å². The van der Waals surface area contributed by atoms with E-state index in [0.29, 0.717) is 5.56 Å². The molecule has 1 aromatic heterocycles. The van der Waals surface area contributed by atoms with E-state index >= 15 is 0 Å². The Labute approximate surface area is 102 Å². The van der Waals surface area contributed by atoms with Crippen molar-refractivity contribution < 1.29 is 14.6 Å². The average molecular weight is 237 g/mol. The molecule has 0 spiro atoms. The number of aliphatic hydroxyl groups is 1. The second-order valence-corrected chi connectivity index (χ2v) is 4.63. The minimum Gasteiger partial charge on any atom is -0.469 e. The molecule has 17 heavy (non-hydrogen) atoms. The summed E-state index contributed by atoms with van der Waals surface area (Å²) in [5.74, 6) is -1.05. The van der Waals surface area contributed by atoms with Crippen LogP contribution in [0.2, 0.25) is 0 Å². The van der Waals surface area contributed by atoms with E-state index < -0.39 is 17.5 Å². The summed E-state index contributed by atoms with van der Waals surface area (Å²) in [5.41, 5.74) is -0.667. The van der Waals surface area contributed by atoms with E-state index in [2.05, 4.69) is 4.98 Å². The van der Waals surface area contributed by atoms with Gasteiger partial charge in [0.1, 0.15) is 5.60 Å². The van der Waals surface area contributed by atoms with Crippen molar-refractivity contribution in [1.29, 1.82) is 0 Å². The zero-order valence-electron chi connectivity index (χ0n) is 10.7. The van der Waals surface area contributed by atoms with Gasteiger partial charge in [0.05, 0.1) is 13.0 Å². The topological polar surface area (TPSA) is 59.4 Å². The van der Waals surface area contributed by atoms with Gasteiger partial charge in [0.25, 0.3) is 0 Å². The van der Waals surface area contributed by atoms with Crippen molar-refractivity contribution in [2.24, 2.45) is 11.8 Å². The van der Waals surface area contributed by atoms with Gasteiger partial charge >= 0.3 is 5.97 Å². The lowest BCUT2D eigenvalue weighted by atomic mass is 9.77. The van der Waals surface area contributed by atoms with Gasteiger partial charge < -0.3 is 9.84 Å². The normalized spacial score (nSPS) is 16.4. The van der Waals surface area contributed by atoms with Crippen LogP contribution in [-0.4, -0.2) is 23.2 Å². The van der Waals surface area contributed by atoms with Crippen LogP contribution in [0, 0.1) is 11.8 Å². The maximum atomic E-state index is 11.8. The number of esters is 1. The van der Waals surface area contributed by atoms with Crippen LogP contribution < -0.4 is 0 Å². The van der Waals surface area contributed by atoms with E-state index in [1.807, 2.05) is 13.8 Å². The van der Waals surface area contributed by atoms with E-state index in [9.17, 15) is 9.90 Å². The Balaban J connectivity index is 3.13. The van der Waals surface area contributed by atoms with E-state index in [1.165, 1.54) is 7.11 Å². The molecule has 1 N–H and O–H groups in total. The van der Waals surface area contributed by atoms with E-state index in [0.717, 1.165) is 0 Å². The second kappa shape index (κ2) is 5.27. The molecule has 0 radical (unpaired) electrons. The van der Waals surface area contributed by atoms with Crippen molar-refractivity contribution in [3.63, 3.8) is 0 Å². The fourth-order valence-electron chi connectivity index (χ4n) is 2.12. The molecule has 1 heterocycles. The Morgan fingerprint density at radius 1 is 1.53 bits per heavy atom. The Morgan fingerprint density at radius 2 is 2.18 bits per heavy atom. The Kier molecular flexibility index (Phi) is 4.23. The average Bonchev–Trinajstić information content (AvgIpc) is 2.29. The summed E-state index contributed by atoms with van der Waals surface area (Å²) in [6.45, 7) is 5.38. The van der Waals surface area contributed by atoms with Crippen LogP contribution in [0.5, 0.6) is 0 Å². The number of aromatic nitrogens is 1. The molecule has 2 unspecified atom stereocenters. The molecule has 2 atom stereocenters. The van der Waals surface area contributed by atoms with Crippen LogP contribution in [0.3, 0.4) is 0 Å². The number of nitrogens with zero attached hydrogens (tertiary/aromatic N) is 1. The zero-order chi connectivity index (χ0) is 13.1. The molecule has 0 bridgehead atoms. The zero-order valence-corrected chi connectivity index (χ0v) is 10.7. The van der Waals surface area contributed by atoms with Gasteiger partial charge in [-0.25, -0.2) is 0 Å². The lowest BCUT2D eigenvalue weighted by molar-refractivity contribution is -0.159. The Bertz CT molecular complexity index is 374. The SMILES string of the molecule is COC(=O)C(C(C)C)C(C)(O)c1cccnc1. The summed E-state index contributed by atoms with van der Waals surface area (Å²) in [7, 11) is 1.33. The van der Waals surface area contributed by atoms with Crippen molar-refractivity contribution in [3.8, 4) is 0 Å². The minimum atomic E-state index is -1.28. The Morgan fingerprint density at radius 3 is 2.59 bits per heavy atom. The van der Waals surface area contributed by atoms with Crippen LogP contribution in [0.1, 0.15) is 26.3 Å². The minimum absolute atomic E-state index is 0.0299. The molecule has 1 rings (SSSR count). The smallest absolute Gasteiger partial charge is 0.312 e. The van der Waals surface area contributed by atoms with Gasteiger partial charge in [-0.05, 0) is 18.9 Å². The predicted molar refractivity (Wildman–Crippen MR) is 64.2 cm³/mol. The first-order valence-electron chi connectivity index (χ1n) is 5.62. The molecule has 4 heteroatoms. The van der Waals surface area contributed by atoms with E-state index in [4.69, 9.17) is 4.74 Å². The van der Waals surface area contributed by atoms with Crippen molar-refractivity contribution in [3.05, 3.63) is 30.1 Å². The Hall–Kier alpha value is -1.42. The number of pyridine rings is 1. The highest BCUT2D eigenvalue weighted by atomic mass is 16.5. The maximum absolute atomic E-state index is 11.8. The number of hydrogen-bond donors (Lipinski definition) is 1. The van der Waals surface area contributed by atoms with Crippen LogP contribution in [0.15, 0.2) is 24.5 Å². The molecule has 0 aliphatic heterocycles. The highest BCUT2D eigenvalue weighted by Gasteiger charge is 2.41. The van der Waals surface area contributed by atoms with Gasteiger partial charge in [0.15, 0.2) is 0 Å². The first-order valence-corrected chi connectivity index (χ1v) is 5.62. The van der Waals surface area contributed by atoms with Crippen molar-refractivity contribution >= 4 is 5.97 Å². The summed E-state index contributed by atoms with van der Waals surface area (Å²) in [4.78, 5) is 15.7. The highest BCUT2D eigenvalue weighted by Crippen LogP contribution is 2.34. The molecule has 0 aromatic carbocycles. The molecule has 4 nitrogen and oxygen atoms in total. The van der Waals surface area contributed by atoms with Gasteiger partial charge in [-0.2, -0.15) is 0 Å². The molecular formula is C13H19NO3. The lowest BCUT2D eigenvalue weighted by Crippen LogP contribution is -2.41. The van der Waals surface area contributed by atoms with Gasteiger partial charge in [0.2, 0.25) is 0 Å². The van der Waals surface area contributed by atoms with Crippen LogP contribution in [0.25, 0.3) is 0 Å². The number of methoxy groups -OCH3 is 1. The van der Waals surface area contributed by atoms with Crippen molar-refractivity contribution in [2.75, 3.05) is 7.11 Å². The molecular weight excluding hydrogens is 218 g/mol. The highest BCUT2D eigenvalue weighted by molar-refractivity contribution is 5.74. The number of hydrogen-bond acceptors (Lipinski definition) is 4.